The number of fused-ring (bicyclic) bond motifs is 1. The summed E-state index contributed by atoms with van der Waals surface area (Å²) in [5.74, 6) is 0.609. The summed E-state index contributed by atoms with van der Waals surface area (Å²) in [5.41, 5.74) is 3.05. The molecular formula is C23H25NO6. The van der Waals surface area contributed by atoms with Gasteiger partial charge in [-0.3, -0.25) is 4.79 Å². The molecule has 1 aliphatic heterocycles. The fourth-order valence-electron chi connectivity index (χ4n) is 3.34. The Hall–Kier alpha value is -3.48. The smallest absolute Gasteiger partial charge is 0.331 e. The first kappa shape index (κ1) is 21.2. The van der Waals surface area contributed by atoms with Crippen molar-refractivity contribution in [3.05, 3.63) is 59.2 Å². The molecule has 0 saturated carbocycles. The summed E-state index contributed by atoms with van der Waals surface area (Å²) in [7, 11) is 4.55. The highest BCUT2D eigenvalue weighted by Crippen LogP contribution is 2.38. The SMILES string of the molecule is COc1cc(/C=C/C(=O)OCC(=O)N2CCc3ccccc3C2)cc(OC)c1OC. The minimum atomic E-state index is -0.602. The van der Waals surface area contributed by atoms with Gasteiger partial charge < -0.3 is 23.8 Å². The van der Waals surface area contributed by atoms with E-state index in [9.17, 15) is 9.59 Å². The summed E-state index contributed by atoms with van der Waals surface area (Å²) in [6.45, 7) is 0.864. The van der Waals surface area contributed by atoms with E-state index >= 15 is 0 Å². The van der Waals surface area contributed by atoms with Gasteiger partial charge in [0.25, 0.3) is 5.91 Å². The third-order valence-corrected chi connectivity index (χ3v) is 4.92. The molecule has 0 spiro atoms. The van der Waals surface area contributed by atoms with Gasteiger partial charge in [0.05, 0.1) is 21.3 Å². The van der Waals surface area contributed by atoms with Gasteiger partial charge in [0.2, 0.25) is 5.75 Å². The number of rotatable bonds is 7. The van der Waals surface area contributed by atoms with Gasteiger partial charge in [-0.1, -0.05) is 24.3 Å². The second-order valence-corrected chi connectivity index (χ2v) is 6.73. The van der Waals surface area contributed by atoms with Crippen molar-refractivity contribution in [2.45, 2.75) is 13.0 Å². The molecular weight excluding hydrogens is 386 g/mol. The average Bonchev–Trinajstić information content (AvgIpc) is 2.79. The summed E-state index contributed by atoms with van der Waals surface area (Å²) in [4.78, 5) is 26.2. The van der Waals surface area contributed by atoms with Gasteiger partial charge in [-0.15, -0.1) is 0 Å². The molecule has 1 aliphatic rings. The van der Waals surface area contributed by atoms with E-state index in [1.54, 1.807) is 23.1 Å². The van der Waals surface area contributed by atoms with Crippen molar-refractivity contribution in [2.75, 3.05) is 34.5 Å². The zero-order chi connectivity index (χ0) is 21.5. The van der Waals surface area contributed by atoms with E-state index in [1.807, 2.05) is 18.2 Å². The largest absolute Gasteiger partial charge is 0.493 e. The first-order chi connectivity index (χ1) is 14.5. The number of hydrogen-bond donors (Lipinski definition) is 0. The van der Waals surface area contributed by atoms with Crippen LogP contribution in [0.25, 0.3) is 6.08 Å². The number of ether oxygens (including phenoxy) is 4. The molecule has 3 rings (SSSR count). The Morgan fingerprint density at radius 1 is 1.00 bits per heavy atom. The van der Waals surface area contributed by atoms with E-state index in [4.69, 9.17) is 18.9 Å². The van der Waals surface area contributed by atoms with Gasteiger partial charge in [0.15, 0.2) is 18.1 Å². The lowest BCUT2D eigenvalue weighted by Crippen LogP contribution is -2.38. The van der Waals surface area contributed by atoms with Gasteiger partial charge in [-0.2, -0.15) is 0 Å². The van der Waals surface area contributed by atoms with Gasteiger partial charge >= 0.3 is 5.97 Å². The summed E-state index contributed by atoms with van der Waals surface area (Å²) < 4.78 is 21.0. The fourth-order valence-corrected chi connectivity index (χ4v) is 3.34. The monoisotopic (exact) mass is 411 g/mol. The highest BCUT2D eigenvalue weighted by molar-refractivity contribution is 5.89. The molecule has 2 aromatic rings. The summed E-state index contributed by atoms with van der Waals surface area (Å²) in [6.07, 6.45) is 3.63. The number of amides is 1. The molecule has 1 heterocycles. The van der Waals surface area contributed by atoms with E-state index in [1.165, 1.54) is 33.0 Å². The van der Waals surface area contributed by atoms with Crippen LogP contribution in [0.3, 0.4) is 0 Å². The number of carbonyl (C=O) groups excluding carboxylic acids is 2. The van der Waals surface area contributed by atoms with Crippen LogP contribution < -0.4 is 14.2 Å². The lowest BCUT2D eigenvalue weighted by molar-refractivity contribution is -0.148. The van der Waals surface area contributed by atoms with Crippen LogP contribution in [-0.4, -0.2) is 51.3 Å². The Bertz CT molecular complexity index is 927. The number of nitrogens with zero attached hydrogens (tertiary/aromatic N) is 1. The van der Waals surface area contributed by atoms with Gasteiger partial charge in [0.1, 0.15) is 0 Å². The summed E-state index contributed by atoms with van der Waals surface area (Å²) in [6, 6.07) is 11.5. The van der Waals surface area contributed by atoms with Crippen LogP contribution in [0.2, 0.25) is 0 Å². The Balaban J connectivity index is 1.57. The summed E-state index contributed by atoms with van der Waals surface area (Å²) >= 11 is 0. The molecule has 7 nitrogen and oxygen atoms in total. The standard InChI is InChI=1S/C23H25NO6/c1-27-19-12-16(13-20(28-2)23(19)29-3)8-9-22(26)30-15-21(25)24-11-10-17-6-4-5-7-18(17)14-24/h4-9,12-13H,10-11,14-15H2,1-3H3/b9-8+. The van der Waals surface area contributed by atoms with E-state index in [0.29, 0.717) is 35.9 Å². The molecule has 0 unspecified atom stereocenters. The normalized spacial score (nSPS) is 13.0. The predicted octanol–water partition coefficient (Wildman–Crippen LogP) is 2.85. The molecule has 30 heavy (non-hydrogen) atoms. The topological polar surface area (TPSA) is 74.3 Å². The minimum absolute atomic E-state index is 0.209. The molecule has 158 valence electrons. The number of hydrogen-bond acceptors (Lipinski definition) is 6. The predicted molar refractivity (Wildman–Crippen MR) is 112 cm³/mol. The zero-order valence-electron chi connectivity index (χ0n) is 17.3. The summed E-state index contributed by atoms with van der Waals surface area (Å²) in [5, 5.41) is 0. The Morgan fingerprint density at radius 2 is 1.67 bits per heavy atom. The van der Waals surface area contributed by atoms with Crippen LogP contribution >= 0.6 is 0 Å². The van der Waals surface area contributed by atoms with Crippen LogP contribution in [0.1, 0.15) is 16.7 Å². The third kappa shape index (κ3) is 4.92. The Kier molecular flexibility index (Phi) is 6.95. The quantitative estimate of drug-likeness (QED) is 0.515. The number of methoxy groups -OCH3 is 3. The Morgan fingerprint density at radius 3 is 2.30 bits per heavy atom. The minimum Gasteiger partial charge on any atom is -0.493 e. The second kappa shape index (κ2) is 9.82. The molecule has 0 radical (unpaired) electrons. The van der Waals surface area contributed by atoms with Crippen molar-refractivity contribution in [2.24, 2.45) is 0 Å². The first-order valence-electron chi connectivity index (χ1n) is 9.55. The molecule has 0 saturated heterocycles. The highest BCUT2D eigenvalue weighted by atomic mass is 16.5. The third-order valence-electron chi connectivity index (χ3n) is 4.92. The molecule has 0 N–H and O–H groups in total. The van der Waals surface area contributed by atoms with E-state index in [0.717, 1.165) is 12.0 Å². The molecule has 0 aliphatic carbocycles. The zero-order valence-corrected chi connectivity index (χ0v) is 17.3. The molecule has 7 heteroatoms. The molecule has 0 fully saturated rings. The highest BCUT2D eigenvalue weighted by Gasteiger charge is 2.21. The van der Waals surface area contributed by atoms with Crippen LogP contribution in [0.4, 0.5) is 0 Å². The second-order valence-electron chi connectivity index (χ2n) is 6.73. The van der Waals surface area contributed by atoms with Crippen LogP contribution in [-0.2, 0) is 27.3 Å². The maximum Gasteiger partial charge on any atom is 0.331 e. The number of esters is 1. The van der Waals surface area contributed by atoms with Crippen molar-refractivity contribution in [3.63, 3.8) is 0 Å². The average molecular weight is 411 g/mol. The van der Waals surface area contributed by atoms with Gasteiger partial charge in [0, 0.05) is 19.2 Å². The van der Waals surface area contributed by atoms with Crippen molar-refractivity contribution in [1.29, 1.82) is 0 Å². The lowest BCUT2D eigenvalue weighted by atomic mass is 10.00. The van der Waals surface area contributed by atoms with E-state index in [-0.39, 0.29) is 12.5 Å². The van der Waals surface area contributed by atoms with Crippen molar-refractivity contribution < 1.29 is 28.5 Å². The molecule has 0 aromatic heterocycles. The molecule has 2 aromatic carbocycles. The first-order valence-corrected chi connectivity index (χ1v) is 9.55. The van der Waals surface area contributed by atoms with Gasteiger partial charge in [-0.25, -0.2) is 4.79 Å². The van der Waals surface area contributed by atoms with E-state index < -0.39 is 5.97 Å². The number of benzene rings is 2. The van der Waals surface area contributed by atoms with Crippen LogP contribution in [0.5, 0.6) is 17.2 Å². The van der Waals surface area contributed by atoms with Crippen LogP contribution in [0.15, 0.2) is 42.5 Å². The van der Waals surface area contributed by atoms with Gasteiger partial charge in [-0.05, 0) is 41.3 Å². The Labute approximate surface area is 175 Å². The molecule has 1 amide bonds. The maximum atomic E-state index is 12.4. The maximum absolute atomic E-state index is 12.4. The van der Waals surface area contributed by atoms with Crippen molar-refractivity contribution >= 4 is 18.0 Å². The van der Waals surface area contributed by atoms with E-state index in [2.05, 4.69) is 6.07 Å². The number of carbonyl (C=O) groups is 2. The van der Waals surface area contributed by atoms with Crippen molar-refractivity contribution in [3.8, 4) is 17.2 Å². The molecule has 0 atom stereocenters. The van der Waals surface area contributed by atoms with Crippen LogP contribution in [0, 0.1) is 0 Å². The van der Waals surface area contributed by atoms with Crippen molar-refractivity contribution in [1.82, 2.24) is 4.90 Å². The fraction of sp³-hybridized carbons (Fsp3) is 0.304. The lowest BCUT2D eigenvalue weighted by Gasteiger charge is -2.28. The molecule has 0 bridgehead atoms.